The molecule has 15 heavy (non-hydrogen) atoms. The Balaban J connectivity index is 2.55. The summed E-state index contributed by atoms with van der Waals surface area (Å²) in [4.78, 5) is 14.3. The third-order valence-electron chi connectivity index (χ3n) is 2.28. The predicted molar refractivity (Wildman–Crippen MR) is 59.3 cm³/mol. The van der Waals surface area contributed by atoms with Crippen LogP contribution < -0.4 is 5.69 Å². The first-order valence-electron chi connectivity index (χ1n) is 4.71. The maximum atomic E-state index is 11.5. The van der Waals surface area contributed by atoms with Crippen LogP contribution in [0.4, 0.5) is 0 Å². The molecule has 1 aromatic heterocycles. The van der Waals surface area contributed by atoms with E-state index in [1.807, 2.05) is 0 Å². The van der Waals surface area contributed by atoms with E-state index >= 15 is 0 Å². The summed E-state index contributed by atoms with van der Waals surface area (Å²) in [5, 5.41) is 9.33. The van der Waals surface area contributed by atoms with Crippen molar-refractivity contribution in [3.63, 3.8) is 0 Å². The minimum absolute atomic E-state index is 0.0691. The molecule has 5 heteroatoms. The molecular formula is C10H11ClN2O2. The maximum absolute atomic E-state index is 11.5. The lowest BCUT2D eigenvalue weighted by atomic mass is 10.3. The van der Waals surface area contributed by atoms with Crippen molar-refractivity contribution in [3.8, 4) is 0 Å². The largest absolute Gasteiger partial charge is 0.396 e. The van der Waals surface area contributed by atoms with Crippen molar-refractivity contribution < 1.29 is 5.11 Å². The average molecular weight is 227 g/mol. The second-order valence-electron chi connectivity index (χ2n) is 3.32. The van der Waals surface area contributed by atoms with E-state index in [1.54, 1.807) is 22.8 Å². The molecule has 0 aliphatic carbocycles. The molecule has 0 atom stereocenters. The molecule has 2 rings (SSSR count). The second-order valence-corrected chi connectivity index (χ2v) is 3.76. The highest BCUT2D eigenvalue weighted by atomic mass is 35.5. The van der Waals surface area contributed by atoms with Gasteiger partial charge in [0.25, 0.3) is 0 Å². The van der Waals surface area contributed by atoms with Crippen LogP contribution in [0.25, 0.3) is 11.0 Å². The Kier molecular flexibility index (Phi) is 2.79. The molecular weight excluding hydrogens is 216 g/mol. The number of imidazole rings is 1. The highest BCUT2D eigenvalue weighted by Crippen LogP contribution is 2.16. The molecule has 2 aromatic rings. The van der Waals surface area contributed by atoms with Crippen LogP contribution in [0.2, 0.25) is 5.02 Å². The Hall–Kier alpha value is -1.26. The number of aromatic amines is 1. The third-order valence-corrected chi connectivity index (χ3v) is 2.51. The Morgan fingerprint density at radius 1 is 1.47 bits per heavy atom. The topological polar surface area (TPSA) is 58.0 Å². The number of nitrogens with zero attached hydrogens (tertiary/aromatic N) is 1. The van der Waals surface area contributed by atoms with Gasteiger partial charge in [-0.2, -0.15) is 0 Å². The monoisotopic (exact) mass is 226 g/mol. The van der Waals surface area contributed by atoms with Crippen LogP contribution in [0.15, 0.2) is 23.0 Å². The number of aryl methyl sites for hydroxylation is 1. The van der Waals surface area contributed by atoms with E-state index in [0.29, 0.717) is 18.0 Å². The van der Waals surface area contributed by atoms with Crippen LogP contribution in [-0.2, 0) is 6.54 Å². The van der Waals surface area contributed by atoms with Crippen molar-refractivity contribution in [2.45, 2.75) is 13.0 Å². The fourth-order valence-electron chi connectivity index (χ4n) is 1.58. The number of nitrogens with one attached hydrogen (secondary N) is 1. The van der Waals surface area contributed by atoms with E-state index in [2.05, 4.69) is 4.98 Å². The van der Waals surface area contributed by atoms with Gasteiger partial charge in [0.05, 0.1) is 11.0 Å². The zero-order valence-corrected chi connectivity index (χ0v) is 8.79. The van der Waals surface area contributed by atoms with Crippen LogP contribution in [0.1, 0.15) is 6.42 Å². The molecule has 1 heterocycles. The van der Waals surface area contributed by atoms with Gasteiger partial charge in [-0.15, -0.1) is 0 Å². The number of hydrogen-bond acceptors (Lipinski definition) is 2. The fourth-order valence-corrected chi connectivity index (χ4v) is 1.74. The molecule has 0 unspecified atom stereocenters. The molecule has 0 bridgehead atoms. The number of aliphatic hydroxyl groups excluding tert-OH is 1. The quantitative estimate of drug-likeness (QED) is 0.831. The smallest absolute Gasteiger partial charge is 0.326 e. The molecule has 0 radical (unpaired) electrons. The second kappa shape index (κ2) is 4.08. The van der Waals surface area contributed by atoms with Crippen molar-refractivity contribution in [3.05, 3.63) is 33.7 Å². The van der Waals surface area contributed by atoms with Crippen molar-refractivity contribution in [2.75, 3.05) is 6.61 Å². The number of rotatable bonds is 3. The SMILES string of the molecule is O=c1[nH]c2ccc(Cl)cc2n1CCCO. The predicted octanol–water partition coefficient (Wildman–Crippen LogP) is 1.37. The zero-order chi connectivity index (χ0) is 10.8. The molecule has 0 saturated carbocycles. The molecule has 0 aliphatic heterocycles. The van der Waals surface area contributed by atoms with Gasteiger partial charge in [0.1, 0.15) is 0 Å². The number of hydrogen-bond donors (Lipinski definition) is 2. The normalized spacial score (nSPS) is 11.1. The summed E-state index contributed by atoms with van der Waals surface area (Å²) in [5.74, 6) is 0. The fraction of sp³-hybridized carbons (Fsp3) is 0.300. The van der Waals surface area contributed by atoms with Crippen LogP contribution in [-0.4, -0.2) is 21.3 Å². The lowest BCUT2D eigenvalue weighted by Crippen LogP contribution is -2.17. The van der Waals surface area contributed by atoms with Gasteiger partial charge in [0.2, 0.25) is 0 Å². The molecule has 0 amide bonds. The highest BCUT2D eigenvalue weighted by Gasteiger charge is 2.06. The highest BCUT2D eigenvalue weighted by molar-refractivity contribution is 6.31. The van der Waals surface area contributed by atoms with E-state index in [9.17, 15) is 4.79 Å². The van der Waals surface area contributed by atoms with Crippen LogP contribution >= 0.6 is 11.6 Å². The van der Waals surface area contributed by atoms with E-state index < -0.39 is 0 Å². The van der Waals surface area contributed by atoms with Crippen molar-refractivity contribution in [1.29, 1.82) is 0 Å². The summed E-state index contributed by atoms with van der Waals surface area (Å²) in [5.41, 5.74) is 1.38. The van der Waals surface area contributed by atoms with Gasteiger partial charge < -0.3 is 10.1 Å². The summed E-state index contributed by atoms with van der Waals surface area (Å²) in [7, 11) is 0. The van der Waals surface area contributed by atoms with Gasteiger partial charge in [-0.3, -0.25) is 4.57 Å². The molecule has 0 spiro atoms. The summed E-state index contributed by atoms with van der Waals surface area (Å²) in [6.07, 6.45) is 0.555. The molecule has 2 N–H and O–H groups in total. The lowest BCUT2D eigenvalue weighted by Gasteiger charge is -2.01. The van der Waals surface area contributed by atoms with Crippen LogP contribution in [0, 0.1) is 0 Å². The van der Waals surface area contributed by atoms with Crippen molar-refractivity contribution in [1.82, 2.24) is 9.55 Å². The van der Waals surface area contributed by atoms with Crippen molar-refractivity contribution >= 4 is 22.6 Å². The first-order chi connectivity index (χ1) is 7.22. The summed E-state index contributed by atoms with van der Waals surface area (Å²) in [6.45, 7) is 0.565. The van der Waals surface area contributed by atoms with Gasteiger partial charge in [0.15, 0.2) is 0 Å². The van der Waals surface area contributed by atoms with Gasteiger partial charge in [-0.25, -0.2) is 4.79 Å². The van der Waals surface area contributed by atoms with Gasteiger partial charge in [-0.1, -0.05) is 11.6 Å². The summed E-state index contributed by atoms with van der Waals surface area (Å²) >= 11 is 5.86. The van der Waals surface area contributed by atoms with Gasteiger partial charge >= 0.3 is 5.69 Å². The minimum Gasteiger partial charge on any atom is -0.396 e. The molecule has 1 aromatic carbocycles. The van der Waals surface area contributed by atoms with E-state index in [-0.39, 0.29) is 12.3 Å². The third kappa shape index (κ3) is 1.91. The number of aliphatic hydroxyl groups is 1. The first kappa shape index (κ1) is 10.3. The first-order valence-corrected chi connectivity index (χ1v) is 5.09. The molecule has 80 valence electrons. The standard InChI is InChI=1S/C10H11ClN2O2/c11-7-2-3-8-9(6-7)13(4-1-5-14)10(15)12-8/h2-3,6,14H,1,4-5H2,(H,12,15). The lowest BCUT2D eigenvalue weighted by molar-refractivity contribution is 0.280. The van der Waals surface area contributed by atoms with Crippen LogP contribution in [0.3, 0.4) is 0 Å². The summed E-state index contributed by atoms with van der Waals surface area (Å²) < 4.78 is 1.58. The average Bonchev–Trinajstić information content (AvgIpc) is 2.51. The number of halogens is 1. The minimum atomic E-state index is -0.166. The number of aromatic nitrogens is 2. The molecule has 0 saturated heterocycles. The Morgan fingerprint density at radius 2 is 2.27 bits per heavy atom. The Labute approximate surface area is 91.1 Å². The zero-order valence-electron chi connectivity index (χ0n) is 8.03. The van der Waals surface area contributed by atoms with Crippen LogP contribution in [0.5, 0.6) is 0 Å². The molecule has 4 nitrogen and oxygen atoms in total. The van der Waals surface area contributed by atoms with Gasteiger partial charge in [-0.05, 0) is 24.6 Å². The summed E-state index contributed by atoms with van der Waals surface area (Å²) in [6, 6.07) is 5.25. The number of benzene rings is 1. The molecule has 0 aliphatic rings. The molecule has 0 fully saturated rings. The maximum Gasteiger partial charge on any atom is 0.326 e. The van der Waals surface area contributed by atoms with Crippen molar-refractivity contribution in [2.24, 2.45) is 0 Å². The van der Waals surface area contributed by atoms with E-state index in [0.717, 1.165) is 11.0 Å². The van der Waals surface area contributed by atoms with E-state index in [4.69, 9.17) is 16.7 Å². The Morgan fingerprint density at radius 3 is 3.00 bits per heavy atom. The van der Waals surface area contributed by atoms with E-state index in [1.165, 1.54) is 0 Å². The van der Waals surface area contributed by atoms with Gasteiger partial charge in [0, 0.05) is 18.2 Å². The Bertz CT molecular complexity index is 530. The number of H-pyrrole nitrogens is 1. The number of fused-ring (bicyclic) bond motifs is 1.